The Labute approximate surface area is 128 Å². The second-order valence-electron chi connectivity index (χ2n) is 5.80. The normalized spacial score (nSPS) is 20.2. The number of amides is 1. The van der Waals surface area contributed by atoms with E-state index in [1.807, 2.05) is 0 Å². The summed E-state index contributed by atoms with van der Waals surface area (Å²) in [5.41, 5.74) is 0. The van der Waals surface area contributed by atoms with E-state index in [2.05, 4.69) is 31.0 Å². The van der Waals surface area contributed by atoms with Crippen LogP contribution in [0, 0.1) is 11.3 Å². The minimum atomic E-state index is -0.0430. The molecule has 0 aromatic rings. The Morgan fingerprint density at radius 3 is 2.81 bits per heavy atom. The summed E-state index contributed by atoms with van der Waals surface area (Å²) in [6, 6.07) is 0. The summed E-state index contributed by atoms with van der Waals surface area (Å²) in [5.74, 6) is 0.285. The number of unbranched alkanes of at least 4 members (excludes halogenated alkanes) is 1. The summed E-state index contributed by atoms with van der Waals surface area (Å²) in [7, 11) is 0. The molecule has 122 valence electrons. The molecule has 2 N–H and O–H groups in total. The Hall–Kier alpha value is -1.10. The summed E-state index contributed by atoms with van der Waals surface area (Å²) in [5, 5.41) is 10.9. The fraction of sp³-hybridized carbons (Fsp3) is 0.875. The van der Waals surface area contributed by atoms with Crippen LogP contribution in [0.25, 0.3) is 0 Å². The van der Waals surface area contributed by atoms with Gasteiger partial charge in [-0.05, 0) is 32.4 Å². The Balaban J connectivity index is 2.44. The Morgan fingerprint density at radius 1 is 1.48 bits per heavy atom. The first-order valence-electron chi connectivity index (χ1n) is 8.34. The molecule has 1 aliphatic heterocycles. The Kier molecular flexibility index (Phi) is 8.35. The summed E-state index contributed by atoms with van der Waals surface area (Å²) in [6.07, 6.45) is 4.55. The molecule has 2 unspecified atom stereocenters. The highest BCUT2D eigenvalue weighted by Gasteiger charge is 2.26. The fourth-order valence-electron chi connectivity index (χ4n) is 2.58. The summed E-state index contributed by atoms with van der Waals surface area (Å²) in [4.78, 5) is 13.8. The van der Waals surface area contributed by atoms with E-state index < -0.39 is 0 Å². The van der Waals surface area contributed by atoms with Crippen LogP contribution in [0.3, 0.4) is 0 Å². The second kappa shape index (κ2) is 9.77. The Morgan fingerprint density at radius 2 is 2.24 bits per heavy atom. The Bertz CT molecular complexity index is 333. The van der Waals surface area contributed by atoms with E-state index in [4.69, 9.17) is 10.1 Å². The van der Waals surface area contributed by atoms with Crippen LogP contribution < -0.4 is 5.32 Å². The minimum Gasteiger partial charge on any atom is -0.476 e. The van der Waals surface area contributed by atoms with Crippen LogP contribution >= 0.6 is 0 Å². The van der Waals surface area contributed by atoms with Gasteiger partial charge in [-0.25, -0.2) is 0 Å². The van der Waals surface area contributed by atoms with Crippen molar-refractivity contribution in [1.29, 1.82) is 5.41 Å². The number of nitrogens with zero attached hydrogens (tertiary/aromatic N) is 1. The van der Waals surface area contributed by atoms with Gasteiger partial charge in [-0.1, -0.05) is 27.2 Å². The van der Waals surface area contributed by atoms with Gasteiger partial charge in [0.15, 0.2) is 5.90 Å². The van der Waals surface area contributed by atoms with Gasteiger partial charge in [0, 0.05) is 25.4 Å². The van der Waals surface area contributed by atoms with Crippen LogP contribution in [0.2, 0.25) is 0 Å². The lowest BCUT2D eigenvalue weighted by atomic mass is 9.97. The smallest absolute Gasteiger partial charge is 0.220 e. The number of carbonyl (C=O) groups is 1. The molecular formula is C16H31N3O2. The number of carbonyl (C=O) groups excluding carboxylic acids is 1. The molecule has 0 spiro atoms. The SMILES string of the molecule is CCCCN(CC)CC(CC)OC(=N)C1CCNC(=O)C1. The van der Waals surface area contributed by atoms with Crippen LogP contribution in [0.15, 0.2) is 0 Å². The van der Waals surface area contributed by atoms with Crippen LogP contribution in [-0.2, 0) is 9.53 Å². The van der Waals surface area contributed by atoms with Crippen molar-refractivity contribution >= 4 is 11.8 Å². The van der Waals surface area contributed by atoms with E-state index in [9.17, 15) is 4.79 Å². The van der Waals surface area contributed by atoms with Crippen molar-refractivity contribution in [3.8, 4) is 0 Å². The van der Waals surface area contributed by atoms with Gasteiger partial charge in [0.1, 0.15) is 6.10 Å². The van der Waals surface area contributed by atoms with Crippen molar-refractivity contribution in [3.05, 3.63) is 0 Å². The third-order valence-corrected chi connectivity index (χ3v) is 4.10. The third kappa shape index (κ3) is 6.46. The first-order valence-corrected chi connectivity index (χ1v) is 8.34. The number of nitrogens with one attached hydrogen (secondary N) is 2. The molecule has 1 heterocycles. The monoisotopic (exact) mass is 297 g/mol. The van der Waals surface area contributed by atoms with Gasteiger partial charge < -0.3 is 10.1 Å². The van der Waals surface area contributed by atoms with Crippen molar-refractivity contribution in [2.45, 2.75) is 59.0 Å². The van der Waals surface area contributed by atoms with E-state index in [1.54, 1.807) is 0 Å². The molecule has 5 heteroatoms. The second-order valence-corrected chi connectivity index (χ2v) is 5.80. The molecule has 1 fully saturated rings. The maximum atomic E-state index is 11.4. The van der Waals surface area contributed by atoms with Gasteiger partial charge in [0.2, 0.25) is 5.91 Å². The van der Waals surface area contributed by atoms with Crippen LogP contribution in [0.4, 0.5) is 0 Å². The predicted molar refractivity (Wildman–Crippen MR) is 85.6 cm³/mol. The largest absolute Gasteiger partial charge is 0.476 e. The number of hydrogen-bond donors (Lipinski definition) is 2. The van der Waals surface area contributed by atoms with Gasteiger partial charge in [-0.3, -0.25) is 15.1 Å². The molecule has 0 aromatic carbocycles. The minimum absolute atomic E-state index is 0.0331. The van der Waals surface area contributed by atoms with Gasteiger partial charge in [-0.2, -0.15) is 0 Å². The zero-order valence-corrected chi connectivity index (χ0v) is 13.8. The van der Waals surface area contributed by atoms with Gasteiger partial charge in [0.05, 0.1) is 0 Å². The van der Waals surface area contributed by atoms with E-state index in [0.717, 1.165) is 32.5 Å². The molecule has 1 rings (SSSR count). The van der Waals surface area contributed by atoms with Crippen molar-refractivity contribution in [2.75, 3.05) is 26.2 Å². The molecule has 5 nitrogen and oxygen atoms in total. The van der Waals surface area contributed by atoms with E-state index in [0.29, 0.717) is 18.9 Å². The summed E-state index contributed by atoms with van der Waals surface area (Å²) in [6.45, 7) is 10.1. The molecule has 0 saturated carbocycles. The quantitative estimate of drug-likeness (QED) is 0.507. The van der Waals surface area contributed by atoms with E-state index in [-0.39, 0.29) is 17.9 Å². The molecule has 1 saturated heterocycles. The van der Waals surface area contributed by atoms with Gasteiger partial charge in [0.25, 0.3) is 0 Å². The maximum Gasteiger partial charge on any atom is 0.220 e. The molecular weight excluding hydrogens is 266 g/mol. The first-order chi connectivity index (χ1) is 10.1. The van der Waals surface area contributed by atoms with Gasteiger partial charge >= 0.3 is 0 Å². The molecule has 0 aliphatic carbocycles. The summed E-state index contributed by atoms with van der Waals surface area (Å²) >= 11 is 0. The van der Waals surface area contributed by atoms with Crippen LogP contribution in [0.1, 0.15) is 52.9 Å². The molecule has 0 bridgehead atoms. The third-order valence-electron chi connectivity index (χ3n) is 4.10. The number of ether oxygens (including phenoxy) is 1. The zero-order valence-electron chi connectivity index (χ0n) is 13.8. The van der Waals surface area contributed by atoms with E-state index >= 15 is 0 Å². The van der Waals surface area contributed by atoms with Crippen molar-refractivity contribution in [3.63, 3.8) is 0 Å². The molecule has 0 aromatic heterocycles. The fourth-order valence-corrected chi connectivity index (χ4v) is 2.58. The average Bonchev–Trinajstić information content (AvgIpc) is 2.50. The highest BCUT2D eigenvalue weighted by Crippen LogP contribution is 2.17. The average molecular weight is 297 g/mol. The topological polar surface area (TPSA) is 65.4 Å². The lowest BCUT2D eigenvalue weighted by Gasteiger charge is -2.29. The van der Waals surface area contributed by atoms with E-state index in [1.165, 1.54) is 12.8 Å². The van der Waals surface area contributed by atoms with Crippen LogP contribution in [-0.4, -0.2) is 49.0 Å². The number of hydrogen-bond acceptors (Lipinski definition) is 4. The number of likely N-dealkylation sites (N-methyl/N-ethyl adjacent to an activating group) is 1. The molecule has 0 radical (unpaired) electrons. The van der Waals surface area contributed by atoms with Crippen molar-refractivity contribution in [1.82, 2.24) is 10.2 Å². The summed E-state index contributed by atoms with van der Waals surface area (Å²) < 4.78 is 5.86. The zero-order chi connectivity index (χ0) is 15.7. The highest BCUT2D eigenvalue weighted by atomic mass is 16.5. The van der Waals surface area contributed by atoms with Crippen molar-refractivity contribution in [2.24, 2.45) is 5.92 Å². The predicted octanol–water partition coefficient (Wildman–Crippen LogP) is 2.41. The molecule has 1 aliphatic rings. The molecule has 21 heavy (non-hydrogen) atoms. The highest BCUT2D eigenvalue weighted by molar-refractivity contribution is 5.85. The molecule has 2 atom stereocenters. The molecule has 1 amide bonds. The number of rotatable bonds is 9. The lowest BCUT2D eigenvalue weighted by molar-refractivity contribution is -0.123. The van der Waals surface area contributed by atoms with Crippen molar-refractivity contribution < 1.29 is 9.53 Å². The lowest BCUT2D eigenvalue weighted by Crippen LogP contribution is -2.40. The maximum absolute atomic E-state index is 11.4. The van der Waals surface area contributed by atoms with Gasteiger partial charge in [-0.15, -0.1) is 0 Å². The van der Waals surface area contributed by atoms with Crippen LogP contribution in [0.5, 0.6) is 0 Å². The first kappa shape index (κ1) is 18.0. The number of piperidine rings is 1. The standard InChI is InChI=1S/C16H31N3O2/c1-4-7-10-19(6-3)12-14(5-2)21-16(17)13-8-9-18-15(20)11-13/h13-14,17H,4-12H2,1-3H3,(H,18,20).